The van der Waals surface area contributed by atoms with E-state index >= 15 is 0 Å². The van der Waals surface area contributed by atoms with Crippen LogP contribution in [0.1, 0.15) is 24.0 Å². The molecule has 3 rings (SSSR count). The highest BCUT2D eigenvalue weighted by Crippen LogP contribution is 2.16. The van der Waals surface area contributed by atoms with Crippen molar-refractivity contribution in [2.75, 3.05) is 18.6 Å². The van der Waals surface area contributed by atoms with Gasteiger partial charge < -0.3 is 25.0 Å². The van der Waals surface area contributed by atoms with Gasteiger partial charge in [0.15, 0.2) is 0 Å². The molecule has 39 heavy (non-hydrogen) atoms. The summed E-state index contributed by atoms with van der Waals surface area (Å²) in [4.78, 5) is 26.5. The maximum Gasteiger partial charge on any atom is 0.475 e. The molecule has 2 amide bonds. The molecule has 0 spiro atoms. The van der Waals surface area contributed by atoms with Crippen LogP contribution in [0.4, 0.5) is 5.69 Å². The Kier molecular flexibility index (Phi) is 11.1. The summed E-state index contributed by atoms with van der Waals surface area (Å²) in [6.45, 7) is 0.0825. The Morgan fingerprint density at radius 2 is 1.72 bits per heavy atom. The topological polar surface area (TPSA) is 123 Å². The average molecular weight is 523 g/mol. The average Bonchev–Trinajstić information content (AvgIpc) is 2.95. The summed E-state index contributed by atoms with van der Waals surface area (Å²) in [5.74, 6) is 3.94. The zero-order valence-electron chi connectivity index (χ0n) is 21.7. The molecule has 0 aliphatic rings. The number of benzene rings is 3. The number of para-hydroxylation sites is 1. The van der Waals surface area contributed by atoms with Crippen molar-refractivity contribution >= 4 is 24.6 Å². The summed E-state index contributed by atoms with van der Waals surface area (Å²) in [7, 11) is -0.0636. The minimum atomic E-state index is -1.69. The van der Waals surface area contributed by atoms with Gasteiger partial charge in [-0.2, -0.15) is 5.26 Å². The van der Waals surface area contributed by atoms with Gasteiger partial charge in [-0.25, -0.2) is 0 Å². The van der Waals surface area contributed by atoms with Crippen molar-refractivity contribution in [2.45, 2.75) is 25.2 Å². The van der Waals surface area contributed by atoms with E-state index in [-0.39, 0.29) is 37.7 Å². The molecule has 0 saturated carbocycles. The van der Waals surface area contributed by atoms with Crippen LogP contribution in [0.15, 0.2) is 84.9 Å². The first-order valence-electron chi connectivity index (χ1n) is 12.5. The molecular formula is C30H30BN3O5. The second kappa shape index (κ2) is 15.0. The zero-order chi connectivity index (χ0) is 28.0. The van der Waals surface area contributed by atoms with Gasteiger partial charge in [0.05, 0.1) is 25.0 Å². The van der Waals surface area contributed by atoms with E-state index in [1.165, 1.54) is 4.90 Å². The maximum atomic E-state index is 12.7. The van der Waals surface area contributed by atoms with Crippen LogP contribution in [0.25, 0.3) is 0 Å². The fourth-order valence-corrected chi connectivity index (χ4v) is 3.76. The van der Waals surface area contributed by atoms with Crippen LogP contribution >= 0.6 is 0 Å². The lowest BCUT2D eigenvalue weighted by atomic mass is 9.76. The highest BCUT2D eigenvalue weighted by molar-refractivity contribution is 6.43. The molecule has 198 valence electrons. The Morgan fingerprint density at radius 1 is 1.03 bits per heavy atom. The second-order valence-corrected chi connectivity index (χ2v) is 8.82. The van der Waals surface area contributed by atoms with E-state index in [0.717, 1.165) is 5.56 Å². The number of carbonyl (C=O) groups is 2. The van der Waals surface area contributed by atoms with Crippen molar-refractivity contribution in [2.24, 2.45) is 5.92 Å². The van der Waals surface area contributed by atoms with Crippen molar-refractivity contribution < 1.29 is 24.4 Å². The largest absolute Gasteiger partial charge is 0.493 e. The first-order chi connectivity index (χ1) is 18.9. The molecule has 0 radical (unpaired) electrons. The van der Waals surface area contributed by atoms with E-state index in [1.54, 1.807) is 43.4 Å². The summed E-state index contributed by atoms with van der Waals surface area (Å²) in [5, 5.41) is 31.4. The normalized spacial score (nSPS) is 11.6. The number of nitriles is 1. The Labute approximate surface area is 229 Å². The van der Waals surface area contributed by atoms with Crippen LogP contribution in [0.3, 0.4) is 0 Å². The van der Waals surface area contributed by atoms with Gasteiger partial charge in [0, 0.05) is 24.7 Å². The highest BCUT2D eigenvalue weighted by atomic mass is 16.5. The van der Waals surface area contributed by atoms with Crippen molar-refractivity contribution in [1.29, 1.82) is 5.26 Å². The Balaban J connectivity index is 1.49. The fourth-order valence-electron chi connectivity index (χ4n) is 3.76. The van der Waals surface area contributed by atoms with Gasteiger partial charge in [-0.3, -0.25) is 9.59 Å². The van der Waals surface area contributed by atoms with E-state index in [0.29, 0.717) is 17.0 Å². The molecule has 8 nitrogen and oxygen atoms in total. The SMILES string of the molecule is CN(C(=O)C(C#N)CC#Cc1cccc(OCCC(=O)N[C@@H](Cc2ccccc2)B(O)O)c1)c1ccccc1. The van der Waals surface area contributed by atoms with Gasteiger partial charge in [0.25, 0.3) is 0 Å². The summed E-state index contributed by atoms with van der Waals surface area (Å²) in [5.41, 5.74) is 2.22. The molecule has 0 aromatic heterocycles. The van der Waals surface area contributed by atoms with Crippen LogP contribution in [0, 0.1) is 29.1 Å². The molecular weight excluding hydrogens is 493 g/mol. The zero-order valence-corrected chi connectivity index (χ0v) is 21.7. The number of hydrogen-bond acceptors (Lipinski definition) is 6. The molecule has 0 aliphatic carbocycles. The summed E-state index contributed by atoms with van der Waals surface area (Å²) in [6.07, 6.45) is 0.389. The quantitative estimate of drug-likeness (QED) is 0.263. The third-order valence-electron chi connectivity index (χ3n) is 5.90. The first-order valence-corrected chi connectivity index (χ1v) is 12.5. The van der Waals surface area contributed by atoms with Crippen LogP contribution in [-0.2, 0) is 16.0 Å². The lowest BCUT2D eigenvalue weighted by Crippen LogP contribution is -2.48. The second-order valence-electron chi connectivity index (χ2n) is 8.82. The van der Waals surface area contributed by atoms with Gasteiger partial charge in [-0.15, -0.1) is 0 Å². The maximum absolute atomic E-state index is 12.7. The molecule has 0 aliphatic heterocycles. The van der Waals surface area contributed by atoms with E-state index in [4.69, 9.17) is 4.74 Å². The van der Waals surface area contributed by atoms with Crippen LogP contribution < -0.4 is 15.0 Å². The third-order valence-corrected chi connectivity index (χ3v) is 5.90. The molecule has 2 atom stereocenters. The van der Waals surface area contributed by atoms with Gasteiger partial charge in [-0.05, 0) is 42.3 Å². The van der Waals surface area contributed by atoms with E-state index in [2.05, 4.69) is 17.2 Å². The van der Waals surface area contributed by atoms with Crippen LogP contribution in [0.2, 0.25) is 0 Å². The first kappa shape index (κ1) is 29.0. The molecule has 0 saturated heterocycles. The Bertz CT molecular complexity index is 1330. The predicted octanol–water partition coefficient (Wildman–Crippen LogP) is 2.74. The van der Waals surface area contributed by atoms with Gasteiger partial charge >= 0.3 is 7.12 Å². The number of carbonyl (C=O) groups excluding carboxylic acids is 2. The van der Waals surface area contributed by atoms with Gasteiger partial charge in [0.1, 0.15) is 11.7 Å². The molecule has 9 heteroatoms. The van der Waals surface area contributed by atoms with Crippen molar-refractivity contribution in [3.63, 3.8) is 0 Å². The van der Waals surface area contributed by atoms with Crippen LogP contribution in [0.5, 0.6) is 5.75 Å². The minimum absolute atomic E-state index is 0.0226. The van der Waals surface area contributed by atoms with Gasteiger partial charge in [-0.1, -0.05) is 66.4 Å². The number of hydrogen-bond donors (Lipinski definition) is 3. The minimum Gasteiger partial charge on any atom is -0.493 e. The molecule has 0 bridgehead atoms. The van der Waals surface area contributed by atoms with E-state index in [1.807, 2.05) is 54.6 Å². The molecule has 3 aromatic rings. The fraction of sp³-hybridized carbons (Fsp3) is 0.233. The molecule has 3 N–H and O–H groups in total. The molecule has 1 unspecified atom stereocenters. The lowest BCUT2D eigenvalue weighted by Gasteiger charge is -2.19. The number of anilines is 1. The molecule has 3 aromatic carbocycles. The van der Waals surface area contributed by atoms with E-state index in [9.17, 15) is 24.9 Å². The predicted molar refractivity (Wildman–Crippen MR) is 149 cm³/mol. The molecule has 0 fully saturated rings. The number of nitrogens with zero attached hydrogens (tertiary/aromatic N) is 2. The summed E-state index contributed by atoms with van der Waals surface area (Å²) in [6, 6.07) is 27.4. The number of amides is 2. The van der Waals surface area contributed by atoms with E-state index < -0.39 is 19.0 Å². The lowest BCUT2D eigenvalue weighted by molar-refractivity contribution is -0.122. The summed E-state index contributed by atoms with van der Waals surface area (Å²) >= 11 is 0. The summed E-state index contributed by atoms with van der Waals surface area (Å²) < 4.78 is 5.68. The van der Waals surface area contributed by atoms with Crippen molar-refractivity contribution in [1.82, 2.24) is 5.32 Å². The third kappa shape index (κ3) is 9.35. The standard InChI is InChI=1S/C30H30BN3O5/c1-34(26-15-6-3-7-16-26)30(36)25(22-32)14-8-12-23-13-9-17-27(20-23)39-19-18-29(35)33-28(31(37)38)21-24-10-4-2-5-11-24/h2-7,9-11,13,15-17,20,25,28,37-38H,14,18-19,21H2,1H3,(H,33,35)/t25?,28-/m0/s1. The van der Waals surface area contributed by atoms with Crippen molar-refractivity contribution in [3.05, 3.63) is 96.1 Å². The molecule has 0 heterocycles. The highest BCUT2D eigenvalue weighted by Gasteiger charge is 2.25. The number of rotatable bonds is 11. The Hall–Kier alpha value is -4.57. The van der Waals surface area contributed by atoms with Crippen molar-refractivity contribution in [3.8, 4) is 23.7 Å². The monoisotopic (exact) mass is 523 g/mol. The number of nitrogens with one attached hydrogen (secondary N) is 1. The smallest absolute Gasteiger partial charge is 0.475 e. The van der Waals surface area contributed by atoms with Crippen LogP contribution in [-0.4, -0.2) is 48.6 Å². The Morgan fingerprint density at radius 3 is 2.38 bits per heavy atom. The van der Waals surface area contributed by atoms with Gasteiger partial charge in [0.2, 0.25) is 11.8 Å². The number of ether oxygens (including phenoxy) is 1.